The van der Waals surface area contributed by atoms with E-state index in [-0.39, 0.29) is 5.91 Å². The van der Waals surface area contributed by atoms with E-state index in [2.05, 4.69) is 29.6 Å². The van der Waals surface area contributed by atoms with Gasteiger partial charge in [-0.2, -0.15) is 0 Å². The first-order valence-corrected chi connectivity index (χ1v) is 8.89. The van der Waals surface area contributed by atoms with Crippen LogP contribution in [0.2, 0.25) is 0 Å². The van der Waals surface area contributed by atoms with E-state index >= 15 is 0 Å². The van der Waals surface area contributed by atoms with Gasteiger partial charge in [0.25, 0.3) is 5.91 Å². The number of ether oxygens (including phenoxy) is 2. The molecule has 0 radical (unpaired) electrons. The number of hydrogen-bond donors (Lipinski definition) is 2. The molecular weight excluding hydrogens is 340 g/mol. The van der Waals surface area contributed by atoms with E-state index in [0.717, 1.165) is 34.0 Å². The highest BCUT2D eigenvalue weighted by molar-refractivity contribution is 5.91. The smallest absolute Gasteiger partial charge is 0.279 e. The SMILES string of the molecule is COc1cccc(NC(=O)C[NH+](C)Cc2ccc3cc(OC)ccc3c2)c1. The number of nitrogens with one attached hydrogen (secondary N) is 2. The minimum atomic E-state index is -0.0220. The topological polar surface area (TPSA) is 52.0 Å². The van der Waals surface area contributed by atoms with Gasteiger partial charge in [-0.25, -0.2) is 0 Å². The zero-order chi connectivity index (χ0) is 19.2. The van der Waals surface area contributed by atoms with Crippen molar-refractivity contribution in [2.24, 2.45) is 0 Å². The Morgan fingerprint density at radius 2 is 1.63 bits per heavy atom. The predicted octanol–water partition coefficient (Wildman–Crippen LogP) is 2.51. The van der Waals surface area contributed by atoms with Crippen molar-refractivity contribution in [3.8, 4) is 11.5 Å². The number of quaternary nitrogens is 1. The molecule has 1 unspecified atom stereocenters. The Morgan fingerprint density at radius 1 is 0.926 bits per heavy atom. The van der Waals surface area contributed by atoms with Gasteiger partial charge in [0.1, 0.15) is 18.0 Å². The third kappa shape index (κ3) is 4.99. The van der Waals surface area contributed by atoms with Gasteiger partial charge in [-0.3, -0.25) is 4.79 Å². The van der Waals surface area contributed by atoms with Crippen molar-refractivity contribution in [2.75, 3.05) is 33.1 Å². The normalized spacial score (nSPS) is 11.8. The zero-order valence-electron chi connectivity index (χ0n) is 15.9. The van der Waals surface area contributed by atoms with Gasteiger partial charge >= 0.3 is 0 Å². The Bertz CT molecular complexity index is 940. The summed E-state index contributed by atoms with van der Waals surface area (Å²) in [4.78, 5) is 13.4. The number of methoxy groups -OCH3 is 2. The molecule has 3 aromatic rings. The lowest BCUT2D eigenvalue weighted by Gasteiger charge is -2.15. The minimum absolute atomic E-state index is 0.0220. The molecule has 0 aromatic heterocycles. The van der Waals surface area contributed by atoms with E-state index in [1.54, 1.807) is 14.2 Å². The Labute approximate surface area is 159 Å². The molecule has 140 valence electrons. The molecule has 1 amide bonds. The van der Waals surface area contributed by atoms with Crippen LogP contribution < -0.4 is 19.7 Å². The first-order valence-electron chi connectivity index (χ1n) is 8.89. The van der Waals surface area contributed by atoms with Gasteiger partial charge in [-0.15, -0.1) is 0 Å². The highest BCUT2D eigenvalue weighted by atomic mass is 16.5. The van der Waals surface area contributed by atoms with Crippen LogP contribution in [-0.4, -0.2) is 33.7 Å². The van der Waals surface area contributed by atoms with E-state index in [1.165, 1.54) is 10.9 Å². The van der Waals surface area contributed by atoms with Gasteiger partial charge in [0, 0.05) is 17.3 Å². The fourth-order valence-electron chi connectivity index (χ4n) is 3.10. The van der Waals surface area contributed by atoms with Gasteiger partial charge in [-0.1, -0.05) is 24.3 Å². The summed E-state index contributed by atoms with van der Waals surface area (Å²) >= 11 is 0. The fourth-order valence-corrected chi connectivity index (χ4v) is 3.10. The highest BCUT2D eigenvalue weighted by Crippen LogP contribution is 2.21. The summed E-state index contributed by atoms with van der Waals surface area (Å²) in [6.45, 7) is 1.16. The number of likely N-dealkylation sites (N-methyl/N-ethyl adjacent to an activating group) is 1. The van der Waals surface area contributed by atoms with Crippen molar-refractivity contribution in [3.63, 3.8) is 0 Å². The van der Waals surface area contributed by atoms with Crippen LogP contribution in [0.5, 0.6) is 11.5 Å². The van der Waals surface area contributed by atoms with E-state index in [4.69, 9.17) is 9.47 Å². The number of hydrogen-bond acceptors (Lipinski definition) is 3. The number of benzene rings is 3. The molecule has 5 nitrogen and oxygen atoms in total. The number of anilines is 1. The molecule has 0 fully saturated rings. The van der Waals surface area contributed by atoms with Crippen LogP contribution in [0, 0.1) is 0 Å². The largest absolute Gasteiger partial charge is 0.497 e. The Balaban J connectivity index is 1.60. The van der Waals surface area contributed by atoms with E-state index in [0.29, 0.717) is 6.54 Å². The van der Waals surface area contributed by atoms with Gasteiger partial charge in [0.05, 0.1) is 21.3 Å². The lowest BCUT2D eigenvalue weighted by atomic mass is 10.1. The monoisotopic (exact) mass is 365 g/mol. The summed E-state index contributed by atoms with van der Waals surface area (Å²) < 4.78 is 10.4. The molecule has 5 heteroatoms. The molecule has 0 bridgehead atoms. The lowest BCUT2D eigenvalue weighted by Crippen LogP contribution is -3.08. The molecule has 0 aliphatic carbocycles. The molecular formula is C22H25N2O3+. The van der Waals surface area contributed by atoms with E-state index in [9.17, 15) is 4.79 Å². The number of amides is 1. The summed E-state index contributed by atoms with van der Waals surface area (Å²) in [6, 6.07) is 19.8. The number of rotatable bonds is 7. The van der Waals surface area contributed by atoms with Crippen LogP contribution in [0.1, 0.15) is 5.56 Å². The maximum Gasteiger partial charge on any atom is 0.279 e. The molecule has 3 rings (SSSR count). The van der Waals surface area contributed by atoms with Crippen molar-refractivity contribution in [2.45, 2.75) is 6.54 Å². The first kappa shape index (κ1) is 18.7. The molecule has 0 saturated carbocycles. The summed E-state index contributed by atoms with van der Waals surface area (Å²) in [6.07, 6.45) is 0. The number of fused-ring (bicyclic) bond motifs is 1. The van der Waals surface area contributed by atoms with Crippen molar-refractivity contribution in [1.29, 1.82) is 0 Å². The fraction of sp³-hybridized carbons (Fsp3) is 0.227. The van der Waals surface area contributed by atoms with Crippen LogP contribution in [0.3, 0.4) is 0 Å². The van der Waals surface area contributed by atoms with Crippen molar-refractivity contribution in [3.05, 3.63) is 66.2 Å². The quantitative estimate of drug-likeness (QED) is 0.676. The molecule has 0 aliphatic heterocycles. The molecule has 27 heavy (non-hydrogen) atoms. The molecule has 3 aromatic carbocycles. The predicted molar refractivity (Wildman–Crippen MR) is 108 cm³/mol. The maximum atomic E-state index is 12.3. The van der Waals surface area contributed by atoms with Crippen LogP contribution in [-0.2, 0) is 11.3 Å². The van der Waals surface area contributed by atoms with Crippen LogP contribution in [0.25, 0.3) is 10.8 Å². The number of carbonyl (C=O) groups excluding carboxylic acids is 1. The van der Waals surface area contributed by atoms with Crippen LogP contribution >= 0.6 is 0 Å². The number of carbonyl (C=O) groups is 1. The summed E-state index contributed by atoms with van der Waals surface area (Å²) in [5.74, 6) is 1.56. The summed E-state index contributed by atoms with van der Waals surface area (Å²) in [7, 11) is 5.30. The van der Waals surface area contributed by atoms with Gasteiger partial charge < -0.3 is 19.7 Å². The van der Waals surface area contributed by atoms with Crippen molar-refractivity contribution >= 4 is 22.4 Å². The standard InChI is InChI=1S/C22H24N2O3/c1-24(15-22(25)23-19-5-4-6-20(13-19)26-2)14-16-7-8-18-12-21(27-3)10-9-17(18)11-16/h4-13H,14-15H2,1-3H3,(H,23,25)/p+1. The average Bonchev–Trinajstić information content (AvgIpc) is 2.67. The lowest BCUT2D eigenvalue weighted by molar-refractivity contribution is -0.885. The van der Waals surface area contributed by atoms with Crippen LogP contribution in [0.15, 0.2) is 60.7 Å². The van der Waals surface area contributed by atoms with Crippen molar-refractivity contribution < 1.29 is 19.2 Å². The van der Waals surface area contributed by atoms with E-state index < -0.39 is 0 Å². The van der Waals surface area contributed by atoms with Crippen LogP contribution in [0.4, 0.5) is 5.69 Å². The van der Waals surface area contributed by atoms with Gasteiger partial charge in [-0.05, 0) is 41.1 Å². The Kier molecular flexibility index (Phi) is 5.94. The summed E-state index contributed by atoms with van der Waals surface area (Å²) in [5, 5.41) is 5.24. The summed E-state index contributed by atoms with van der Waals surface area (Å²) in [5.41, 5.74) is 1.94. The molecule has 1 atom stereocenters. The average molecular weight is 365 g/mol. The van der Waals surface area contributed by atoms with Gasteiger partial charge in [0.15, 0.2) is 6.54 Å². The molecule has 0 heterocycles. The molecule has 2 N–H and O–H groups in total. The second kappa shape index (κ2) is 8.56. The van der Waals surface area contributed by atoms with Crippen molar-refractivity contribution in [1.82, 2.24) is 0 Å². The molecule has 0 spiro atoms. The second-order valence-corrected chi connectivity index (χ2v) is 6.64. The highest BCUT2D eigenvalue weighted by Gasteiger charge is 2.12. The maximum absolute atomic E-state index is 12.3. The Morgan fingerprint density at radius 3 is 2.41 bits per heavy atom. The molecule has 0 aliphatic rings. The Hall–Kier alpha value is -3.05. The minimum Gasteiger partial charge on any atom is -0.497 e. The van der Waals surface area contributed by atoms with E-state index in [1.807, 2.05) is 43.4 Å². The third-order valence-corrected chi connectivity index (χ3v) is 4.43. The molecule has 0 saturated heterocycles. The first-order chi connectivity index (χ1) is 13.1. The zero-order valence-corrected chi connectivity index (χ0v) is 15.9. The van der Waals surface area contributed by atoms with Gasteiger partial charge in [0.2, 0.25) is 0 Å². The third-order valence-electron chi connectivity index (χ3n) is 4.43. The second-order valence-electron chi connectivity index (χ2n) is 6.64.